The first kappa shape index (κ1) is 24.7. The molecule has 1 atom stereocenters. The molecular weight excluding hydrogens is 467 g/mol. The normalized spacial score (nSPS) is 16.0. The Morgan fingerprint density at radius 2 is 2.04 bits per heavy atom. The first-order valence-corrected chi connectivity index (χ1v) is 9.68. The van der Waals surface area contributed by atoms with Gasteiger partial charge in [0.1, 0.15) is 5.75 Å². The second-order valence-electron chi connectivity index (χ2n) is 6.72. The number of guanidine groups is 1. The molecule has 1 aromatic rings. The fraction of sp³-hybridized carbons (Fsp3) is 0.571. The maximum absolute atomic E-state index is 5.54. The van der Waals surface area contributed by atoms with E-state index in [4.69, 9.17) is 9.47 Å². The number of nitrogens with zero attached hydrogens (tertiary/aromatic N) is 3. The lowest BCUT2D eigenvalue weighted by Crippen LogP contribution is -2.46. The van der Waals surface area contributed by atoms with E-state index in [-0.39, 0.29) is 30.0 Å². The van der Waals surface area contributed by atoms with Gasteiger partial charge >= 0.3 is 0 Å². The van der Waals surface area contributed by atoms with Gasteiger partial charge in [0.25, 0.3) is 0 Å². The van der Waals surface area contributed by atoms with Gasteiger partial charge in [-0.1, -0.05) is 18.2 Å². The van der Waals surface area contributed by atoms with E-state index in [1.54, 1.807) is 7.11 Å². The van der Waals surface area contributed by atoms with Crippen molar-refractivity contribution in [3.8, 4) is 5.75 Å². The van der Waals surface area contributed by atoms with Gasteiger partial charge in [0, 0.05) is 40.3 Å². The zero-order valence-electron chi connectivity index (χ0n) is 17.4. The van der Waals surface area contributed by atoms with Gasteiger partial charge < -0.3 is 19.7 Å². The van der Waals surface area contributed by atoms with E-state index in [9.17, 15) is 0 Å². The Morgan fingerprint density at radius 3 is 2.61 bits per heavy atom. The quantitative estimate of drug-likeness (QED) is 0.185. The number of halogens is 1. The maximum atomic E-state index is 5.54. The summed E-state index contributed by atoms with van der Waals surface area (Å²) in [6.07, 6.45) is 4.05. The molecule has 0 radical (unpaired) electrons. The van der Waals surface area contributed by atoms with E-state index in [1.807, 2.05) is 25.3 Å². The summed E-state index contributed by atoms with van der Waals surface area (Å²) in [7, 11) is 5.61. The molecule has 1 aliphatic rings. The molecule has 0 spiro atoms. The second-order valence-corrected chi connectivity index (χ2v) is 6.72. The lowest BCUT2D eigenvalue weighted by Gasteiger charge is -2.35. The van der Waals surface area contributed by atoms with Gasteiger partial charge in [-0.2, -0.15) is 0 Å². The van der Waals surface area contributed by atoms with Gasteiger partial charge in [-0.25, -0.2) is 0 Å². The van der Waals surface area contributed by atoms with E-state index < -0.39 is 0 Å². The van der Waals surface area contributed by atoms with E-state index in [1.165, 1.54) is 5.56 Å². The minimum absolute atomic E-state index is 0. The number of methoxy groups -OCH3 is 1. The Morgan fingerprint density at radius 1 is 1.36 bits per heavy atom. The summed E-state index contributed by atoms with van der Waals surface area (Å²) in [5, 5.41) is 3.56. The van der Waals surface area contributed by atoms with Crippen molar-refractivity contribution in [2.24, 2.45) is 4.99 Å². The van der Waals surface area contributed by atoms with Crippen LogP contribution >= 0.6 is 24.0 Å². The van der Waals surface area contributed by atoms with Crippen LogP contribution < -0.4 is 10.1 Å². The smallest absolute Gasteiger partial charge is 0.193 e. The molecule has 1 aromatic carbocycles. The molecule has 28 heavy (non-hydrogen) atoms. The molecule has 1 heterocycles. The number of rotatable bonds is 9. The van der Waals surface area contributed by atoms with E-state index in [0.717, 1.165) is 63.9 Å². The summed E-state index contributed by atoms with van der Waals surface area (Å²) < 4.78 is 10.8. The summed E-state index contributed by atoms with van der Waals surface area (Å²) in [6.45, 7) is 8.98. The third-order valence-electron chi connectivity index (χ3n) is 4.92. The van der Waals surface area contributed by atoms with Crippen molar-refractivity contribution in [1.29, 1.82) is 0 Å². The van der Waals surface area contributed by atoms with Gasteiger partial charge in [0.2, 0.25) is 0 Å². The molecule has 6 nitrogen and oxygen atoms in total. The average molecular weight is 502 g/mol. The first-order chi connectivity index (χ1) is 13.2. The van der Waals surface area contributed by atoms with E-state index >= 15 is 0 Å². The predicted octanol–water partition coefficient (Wildman–Crippen LogP) is 3.16. The van der Waals surface area contributed by atoms with Crippen LogP contribution in [0.3, 0.4) is 0 Å². The molecule has 1 aliphatic heterocycles. The topological polar surface area (TPSA) is 49.3 Å². The highest BCUT2D eigenvalue weighted by molar-refractivity contribution is 14.0. The number of nitrogens with one attached hydrogen (secondary N) is 1. The Bertz CT molecular complexity index is 589. The van der Waals surface area contributed by atoms with Crippen molar-refractivity contribution in [2.75, 3.05) is 60.6 Å². The van der Waals surface area contributed by atoms with E-state index in [2.05, 4.69) is 45.9 Å². The number of hydrogen-bond acceptors (Lipinski definition) is 4. The van der Waals surface area contributed by atoms with Crippen LogP contribution in [-0.4, -0.2) is 76.4 Å². The number of morpholine rings is 1. The molecule has 0 saturated carbocycles. The lowest BCUT2D eigenvalue weighted by molar-refractivity contribution is 0.0169. The molecule has 1 N–H and O–H groups in total. The molecule has 1 fully saturated rings. The van der Waals surface area contributed by atoms with Crippen LogP contribution in [0.4, 0.5) is 0 Å². The van der Waals surface area contributed by atoms with Gasteiger partial charge in [-0.15, -0.1) is 30.6 Å². The molecule has 1 unspecified atom stereocenters. The minimum atomic E-state index is 0. The third kappa shape index (κ3) is 7.60. The zero-order chi connectivity index (χ0) is 19.5. The number of unbranched alkanes of at least 4 members (excludes halogenated alkanes) is 1. The van der Waals surface area contributed by atoms with Gasteiger partial charge in [-0.3, -0.25) is 9.89 Å². The number of aliphatic imine (C=N–C) groups is 1. The predicted molar refractivity (Wildman–Crippen MR) is 127 cm³/mol. The molecule has 0 bridgehead atoms. The monoisotopic (exact) mass is 502 g/mol. The minimum Gasteiger partial charge on any atom is -0.497 e. The van der Waals surface area contributed by atoms with Gasteiger partial charge in [0.15, 0.2) is 5.96 Å². The molecule has 0 amide bonds. The van der Waals surface area contributed by atoms with Crippen LogP contribution in [0.15, 0.2) is 41.9 Å². The van der Waals surface area contributed by atoms with Crippen molar-refractivity contribution < 1.29 is 9.47 Å². The second kappa shape index (κ2) is 13.8. The van der Waals surface area contributed by atoms with Gasteiger partial charge in [0.05, 0.1) is 26.4 Å². The Balaban J connectivity index is 0.00000392. The highest BCUT2D eigenvalue weighted by Crippen LogP contribution is 2.23. The van der Waals surface area contributed by atoms with Crippen LogP contribution in [0.25, 0.3) is 0 Å². The molecule has 7 heteroatoms. The summed E-state index contributed by atoms with van der Waals surface area (Å²) in [4.78, 5) is 9.10. The summed E-state index contributed by atoms with van der Waals surface area (Å²) in [5.74, 6) is 1.80. The van der Waals surface area contributed by atoms with Crippen LogP contribution in [-0.2, 0) is 4.74 Å². The van der Waals surface area contributed by atoms with Crippen molar-refractivity contribution in [1.82, 2.24) is 15.1 Å². The largest absolute Gasteiger partial charge is 0.497 e. The number of benzene rings is 1. The fourth-order valence-electron chi connectivity index (χ4n) is 3.32. The number of ether oxygens (including phenoxy) is 2. The Labute approximate surface area is 187 Å². The van der Waals surface area contributed by atoms with Gasteiger partial charge in [-0.05, 0) is 30.5 Å². The average Bonchev–Trinajstić information content (AvgIpc) is 2.72. The fourth-order valence-corrected chi connectivity index (χ4v) is 3.32. The van der Waals surface area contributed by atoms with Crippen molar-refractivity contribution in [3.05, 3.63) is 42.5 Å². The van der Waals surface area contributed by atoms with Crippen LogP contribution in [0.5, 0.6) is 5.75 Å². The first-order valence-electron chi connectivity index (χ1n) is 9.68. The molecule has 158 valence electrons. The van der Waals surface area contributed by atoms with Crippen molar-refractivity contribution >= 4 is 29.9 Å². The highest BCUT2D eigenvalue weighted by Gasteiger charge is 2.23. The van der Waals surface area contributed by atoms with Crippen LogP contribution in [0.2, 0.25) is 0 Å². The Kier molecular flexibility index (Phi) is 12.2. The maximum Gasteiger partial charge on any atom is 0.193 e. The van der Waals surface area contributed by atoms with Crippen LogP contribution in [0.1, 0.15) is 24.4 Å². The zero-order valence-corrected chi connectivity index (χ0v) is 19.7. The molecule has 0 aromatic heterocycles. The lowest BCUT2D eigenvalue weighted by atomic mass is 10.0. The Hall–Kier alpha value is -1.32. The van der Waals surface area contributed by atoms with Crippen molar-refractivity contribution in [2.45, 2.75) is 18.9 Å². The standard InChI is InChI=1S/C21H34N4O2.HI/c1-5-6-7-12-24(3)21(22-2)23-17-20(25-13-15-27-16-14-25)18-8-10-19(26-4)11-9-18;/h5,8-11,20H,1,6-7,12-17H2,2-4H3,(H,22,23);1H. The summed E-state index contributed by atoms with van der Waals surface area (Å²) >= 11 is 0. The summed E-state index contributed by atoms with van der Waals surface area (Å²) in [5.41, 5.74) is 1.27. The third-order valence-corrected chi connectivity index (χ3v) is 4.92. The molecule has 2 rings (SSSR count). The van der Waals surface area contributed by atoms with Crippen molar-refractivity contribution in [3.63, 3.8) is 0 Å². The molecular formula is C21H35IN4O2. The number of hydrogen-bond donors (Lipinski definition) is 1. The number of allylic oxidation sites excluding steroid dienone is 1. The SMILES string of the molecule is C=CCCCN(C)C(=NC)NCC(c1ccc(OC)cc1)N1CCOCC1.I. The summed E-state index contributed by atoms with van der Waals surface area (Å²) in [6, 6.07) is 8.62. The highest BCUT2D eigenvalue weighted by atomic mass is 127. The molecule has 0 aliphatic carbocycles. The molecule has 1 saturated heterocycles. The van der Waals surface area contributed by atoms with E-state index in [0.29, 0.717) is 0 Å². The van der Waals surface area contributed by atoms with Crippen LogP contribution in [0, 0.1) is 0 Å².